The molecular weight excluding hydrogens is 240 g/mol. The van der Waals surface area contributed by atoms with Gasteiger partial charge < -0.3 is 10.6 Å². The molecule has 0 unspecified atom stereocenters. The number of amides is 2. The molecule has 0 radical (unpaired) electrons. The quantitative estimate of drug-likeness (QED) is 0.891. The van der Waals surface area contributed by atoms with Crippen LogP contribution in [0.15, 0.2) is 36.4 Å². The van der Waals surface area contributed by atoms with Crippen molar-refractivity contribution < 1.29 is 9.59 Å². The number of nitrogens with two attached hydrogens (primary N) is 1. The van der Waals surface area contributed by atoms with Gasteiger partial charge in [-0.05, 0) is 17.9 Å². The molecule has 0 aromatic heterocycles. The average molecular weight is 254 g/mol. The van der Waals surface area contributed by atoms with Crippen LogP contribution in [0.1, 0.15) is 23.2 Å². The Kier molecular flexibility index (Phi) is 2.71. The Morgan fingerprint density at radius 1 is 1.16 bits per heavy atom. The van der Waals surface area contributed by atoms with Crippen LogP contribution >= 0.6 is 0 Å². The number of primary amides is 1. The summed E-state index contributed by atoms with van der Waals surface area (Å²) in [5, 5.41) is 1.90. The van der Waals surface area contributed by atoms with Crippen LogP contribution in [-0.4, -0.2) is 18.4 Å². The second-order valence-corrected chi connectivity index (χ2v) is 4.70. The summed E-state index contributed by atoms with van der Waals surface area (Å²) in [5.74, 6) is -0.445. The number of benzene rings is 2. The maximum absolute atomic E-state index is 12.0. The summed E-state index contributed by atoms with van der Waals surface area (Å²) in [5.41, 5.74) is 6.51. The first-order valence-electron chi connectivity index (χ1n) is 6.30. The molecule has 0 spiro atoms. The molecule has 0 saturated carbocycles. The fourth-order valence-corrected chi connectivity index (χ4v) is 2.63. The number of carbonyl (C=O) groups is 2. The third-order valence-electron chi connectivity index (χ3n) is 3.51. The molecule has 2 aromatic rings. The third-order valence-corrected chi connectivity index (χ3v) is 3.51. The van der Waals surface area contributed by atoms with Crippen LogP contribution in [0.4, 0.5) is 5.69 Å². The number of hydrogen-bond acceptors (Lipinski definition) is 2. The van der Waals surface area contributed by atoms with E-state index in [1.165, 1.54) is 0 Å². The van der Waals surface area contributed by atoms with E-state index in [1.54, 1.807) is 11.0 Å². The summed E-state index contributed by atoms with van der Waals surface area (Å²) < 4.78 is 0. The maximum Gasteiger partial charge on any atom is 0.250 e. The summed E-state index contributed by atoms with van der Waals surface area (Å²) in [7, 11) is 0. The lowest BCUT2D eigenvalue weighted by atomic mass is 10.0. The van der Waals surface area contributed by atoms with Crippen molar-refractivity contribution >= 4 is 28.3 Å². The van der Waals surface area contributed by atoms with Crippen molar-refractivity contribution in [3.05, 3.63) is 42.0 Å². The van der Waals surface area contributed by atoms with Crippen LogP contribution < -0.4 is 10.6 Å². The smallest absolute Gasteiger partial charge is 0.250 e. The monoisotopic (exact) mass is 254 g/mol. The molecule has 2 amide bonds. The third kappa shape index (κ3) is 1.85. The van der Waals surface area contributed by atoms with E-state index in [-0.39, 0.29) is 5.91 Å². The molecule has 2 aromatic carbocycles. The molecule has 1 aliphatic rings. The van der Waals surface area contributed by atoms with Crippen LogP contribution in [0.2, 0.25) is 0 Å². The SMILES string of the molecule is NC(=O)c1ccc2ccccc2c1N1CCCC1=O. The van der Waals surface area contributed by atoms with Crippen molar-refractivity contribution in [2.75, 3.05) is 11.4 Å². The lowest BCUT2D eigenvalue weighted by Gasteiger charge is -2.20. The molecule has 96 valence electrons. The van der Waals surface area contributed by atoms with E-state index in [2.05, 4.69) is 0 Å². The number of carbonyl (C=O) groups excluding carboxylic acids is 2. The predicted octanol–water partition coefficient (Wildman–Crippen LogP) is 2.07. The molecular formula is C15H14N2O2. The van der Waals surface area contributed by atoms with Crippen molar-refractivity contribution in [1.29, 1.82) is 0 Å². The van der Waals surface area contributed by atoms with Crippen LogP contribution in [0.3, 0.4) is 0 Å². The highest BCUT2D eigenvalue weighted by Crippen LogP contribution is 2.33. The maximum atomic E-state index is 12.0. The molecule has 1 saturated heterocycles. The Morgan fingerprint density at radius 3 is 2.63 bits per heavy atom. The summed E-state index contributed by atoms with van der Waals surface area (Å²) >= 11 is 0. The zero-order valence-corrected chi connectivity index (χ0v) is 10.4. The zero-order chi connectivity index (χ0) is 13.4. The van der Waals surface area contributed by atoms with Crippen molar-refractivity contribution in [1.82, 2.24) is 0 Å². The Hall–Kier alpha value is -2.36. The van der Waals surface area contributed by atoms with Gasteiger partial charge in [0.15, 0.2) is 0 Å². The molecule has 0 atom stereocenters. The standard InChI is InChI=1S/C15H14N2O2/c16-15(19)12-8-7-10-4-1-2-5-11(10)14(12)17-9-3-6-13(17)18/h1-2,4-5,7-8H,3,6,9H2,(H2,16,19). The number of anilines is 1. The van der Waals surface area contributed by atoms with Crippen molar-refractivity contribution in [3.63, 3.8) is 0 Å². The molecule has 4 heteroatoms. The van der Waals surface area contributed by atoms with E-state index in [4.69, 9.17) is 5.73 Å². The summed E-state index contributed by atoms with van der Waals surface area (Å²) in [4.78, 5) is 25.3. The van der Waals surface area contributed by atoms with Crippen molar-refractivity contribution in [2.24, 2.45) is 5.73 Å². The van der Waals surface area contributed by atoms with Gasteiger partial charge in [0.05, 0.1) is 11.3 Å². The van der Waals surface area contributed by atoms with E-state index in [9.17, 15) is 9.59 Å². The van der Waals surface area contributed by atoms with Crippen molar-refractivity contribution in [3.8, 4) is 0 Å². The van der Waals surface area contributed by atoms with Gasteiger partial charge in [0.1, 0.15) is 0 Å². The largest absolute Gasteiger partial charge is 0.366 e. The second kappa shape index (κ2) is 4.39. The van der Waals surface area contributed by atoms with E-state index in [0.29, 0.717) is 24.2 Å². The van der Waals surface area contributed by atoms with Gasteiger partial charge in [-0.3, -0.25) is 9.59 Å². The first-order chi connectivity index (χ1) is 9.18. The highest BCUT2D eigenvalue weighted by Gasteiger charge is 2.26. The van der Waals surface area contributed by atoms with E-state index >= 15 is 0 Å². The van der Waals surface area contributed by atoms with Gasteiger partial charge in [0, 0.05) is 18.4 Å². The normalized spacial score (nSPS) is 15.2. The minimum Gasteiger partial charge on any atom is -0.366 e. The van der Waals surface area contributed by atoms with Gasteiger partial charge >= 0.3 is 0 Å². The van der Waals surface area contributed by atoms with Crippen molar-refractivity contribution in [2.45, 2.75) is 12.8 Å². The molecule has 1 aliphatic heterocycles. The fraction of sp³-hybridized carbons (Fsp3) is 0.200. The lowest BCUT2D eigenvalue weighted by molar-refractivity contribution is -0.117. The van der Waals surface area contributed by atoms with Gasteiger partial charge in [-0.1, -0.05) is 30.3 Å². The molecule has 1 heterocycles. The van der Waals surface area contributed by atoms with E-state index in [1.807, 2.05) is 30.3 Å². The molecule has 4 nitrogen and oxygen atoms in total. The average Bonchev–Trinajstić information content (AvgIpc) is 2.83. The second-order valence-electron chi connectivity index (χ2n) is 4.70. The summed E-state index contributed by atoms with van der Waals surface area (Å²) in [6.07, 6.45) is 1.35. The molecule has 1 fully saturated rings. The molecule has 0 aliphatic carbocycles. The summed E-state index contributed by atoms with van der Waals surface area (Å²) in [6.45, 7) is 0.646. The number of rotatable bonds is 2. The highest BCUT2D eigenvalue weighted by molar-refractivity contribution is 6.13. The van der Waals surface area contributed by atoms with Gasteiger partial charge in [-0.15, -0.1) is 0 Å². The molecule has 0 bridgehead atoms. The van der Waals surface area contributed by atoms with Gasteiger partial charge in [-0.2, -0.15) is 0 Å². The van der Waals surface area contributed by atoms with Gasteiger partial charge in [0.2, 0.25) is 5.91 Å². The van der Waals surface area contributed by atoms with Crippen LogP contribution in [0.5, 0.6) is 0 Å². The minimum absolute atomic E-state index is 0.0545. The number of hydrogen-bond donors (Lipinski definition) is 1. The van der Waals surface area contributed by atoms with Gasteiger partial charge in [0.25, 0.3) is 5.91 Å². The first-order valence-corrected chi connectivity index (χ1v) is 6.30. The number of nitrogens with zero attached hydrogens (tertiary/aromatic N) is 1. The Morgan fingerprint density at radius 2 is 1.95 bits per heavy atom. The molecule has 19 heavy (non-hydrogen) atoms. The Bertz CT molecular complexity index is 679. The molecule has 2 N–H and O–H groups in total. The minimum atomic E-state index is -0.500. The molecule has 3 rings (SSSR count). The Labute approximate surface area is 110 Å². The zero-order valence-electron chi connectivity index (χ0n) is 10.4. The Balaban J connectivity index is 2.31. The van der Waals surface area contributed by atoms with E-state index in [0.717, 1.165) is 17.2 Å². The topological polar surface area (TPSA) is 63.4 Å². The van der Waals surface area contributed by atoms with Crippen LogP contribution in [0, 0.1) is 0 Å². The highest BCUT2D eigenvalue weighted by atomic mass is 16.2. The van der Waals surface area contributed by atoms with Crippen LogP contribution in [0.25, 0.3) is 10.8 Å². The predicted molar refractivity (Wildman–Crippen MR) is 74.1 cm³/mol. The number of fused-ring (bicyclic) bond motifs is 1. The fourth-order valence-electron chi connectivity index (χ4n) is 2.63. The lowest BCUT2D eigenvalue weighted by Crippen LogP contribution is -2.27. The summed E-state index contributed by atoms with van der Waals surface area (Å²) in [6, 6.07) is 11.3. The first kappa shape index (κ1) is 11.7. The van der Waals surface area contributed by atoms with Crippen LogP contribution in [-0.2, 0) is 4.79 Å². The van der Waals surface area contributed by atoms with Gasteiger partial charge in [-0.25, -0.2) is 0 Å². The van der Waals surface area contributed by atoms with E-state index < -0.39 is 5.91 Å².